The van der Waals surface area contributed by atoms with E-state index in [9.17, 15) is 4.79 Å². The van der Waals surface area contributed by atoms with E-state index >= 15 is 0 Å². The van der Waals surface area contributed by atoms with Crippen molar-refractivity contribution in [3.63, 3.8) is 0 Å². The third kappa shape index (κ3) is 3.03. The van der Waals surface area contributed by atoms with Crippen LogP contribution in [0.2, 0.25) is 0 Å². The number of aromatic nitrogens is 1. The van der Waals surface area contributed by atoms with Crippen LogP contribution in [0.1, 0.15) is 11.3 Å². The number of carbonyl (C=O) groups excluding carboxylic acids is 1. The molecule has 1 aromatic heterocycles. The molecule has 0 bridgehead atoms. The zero-order valence-electron chi connectivity index (χ0n) is 13.8. The Kier molecular flexibility index (Phi) is 4.37. The fourth-order valence-corrected chi connectivity index (χ4v) is 2.53. The maximum absolute atomic E-state index is 12.4. The van der Waals surface area contributed by atoms with E-state index in [4.69, 9.17) is 14.0 Å². The summed E-state index contributed by atoms with van der Waals surface area (Å²) in [5.74, 6) is 1.00. The zero-order valence-corrected chi connectivity index (χ0v) is 13.8. The van der Waals surface area contributed by atoms with Crippen molar-refractivity contribution >= 4 is 22.6 Å². The van der Waals surface area contributed by atoms with Gasteiger partial charge in [0.1, 0.15) is 5.69 Å². The largest absolute Gasteiger partial charge is 0.493 e. The number of anilines is 1. The highest BCUT2D eigenvalue weighted by Crippen LogP contribution is 2.33. The van der Waals surface area contributed by atoms with Crippen LogP contribution in [-0.2, 0) is 11.2 Å². The molecule has 3 aromatic rings. The Labute approximate surface area is 139 Å². The molecular weight excluding hydrogens is 308 g/mol. The van der Waals surface area contributed by atoms with Gasteiger partial charge in [-0.1, -0.05) is 17.3 Å². The van der Waals surface area contributed by atoms with Crippen LogP contribution < -0.4 is 14.8 Å². The number of amides is 1. The zero-order chi connectivity index (χ0) is 17.1. The Morgan fingerprint density at radius 1 is 1.17 bits per heavy atom. The second kappa shape index (κ2) is 6.62. The van der Waals surface area contributed by atoms with E-state index in [-0.39, 0.29) is 12.3 Å². The Bertz CT molecular complexity index is 886. The summed E-state index contributed by atoms with van der Waals surface area (Å²) >= 11 is 0. The fourth-order valence-electron chi connectivity index (χ4n) is 2.53. The van der Waals surface area contributed by atoms with Crippen molar-refractivity contribution in [2.75, 3.05) is 19.5 Å². The van der Waals surface area contributed by atoms with E-state index in [1.165, 1.54) is 0 Å². The van der Waals surface area contributed by atoms with Crippen LogP contribution in [0.5, 0.6) is 11.5 Å². The molecule has 0 aliphatic rings. The van der Waals surface area contributed by atoms with Gasteiger partial charge in [0.2, 0.25) is 5.91 Å². The fraction of sp³-hybridized carbons (Fsp3) is 0.222. The predicted molar refractivity (Wildman–Crippen MR) is 90.6 cm³/mol. The van der Waals surface area contributed by atoms with E-state index in [2.05, 4.69) is 10.5 Å². The molecule has 0 aliphatic heterocycles. The number of ether oxygens (including phenoxy) is 2. The molecule has 2 aromatic carbocycles. The molecule has 0 atom stereocenters. The van der Waals surface area contributed by atoms with Gasteiger partial charge in [-0.3, -0.25) is 4.79 Å². The first kappa shape index (κ1) is 15.9. The Hall–Kier alpha value is -3.02. The number of nitrogens with zero attached hydrogens (tertiary/aromatic N) is 1. The number of aryl methyl sites for hydroxylation is 1. The lowest BCUT2D eigenvalue weighted by Gasteiger charge is -2.13. The quantitative estimate of drug-likeness (QED) is 0.778. The number of hydrogen-bond donors (Lipinski definition) is 1. The van der Waals surface area contributed by atoms with Gasteiger partial charge >= 0.3 is 0 Å². The van der Waals surface area contributed by atoms with Crippen LogP contribution in [0.3, 0.4) is 0 Å². The summed E-state index contributed by atoms with van der Waals surface area (Å²) in [6, 6.07) is 11.0. The number of fused-ring (bicyclic) bond motifs is 1. The van der Waals surface area contributed by atoms with Crippen molar-refractivity contribution in [3.05, 3.63) is 47.7 Å². The highest BCUT2D eigenvalue weighted by atomic mass is 16.5. The number of carbonyl (C=O) groups is 1. The Morgan fingerprint density at radius 3 is 2.62 bits per heavy atom. The first-order chi connectivity index (χ1) is 11.6. The minimum absolute atomic E-state index is 0.130. The number of para-hydroxylation sites is 1. The van der Waals surface area contributed by atoms with Crippen LogP contribution in [-0.4, -0.2) is 25.3 Å². The molecule has 124 valence electrons. The van der Waals surface area contributed by atoms with Crippen molar-refractivity contribution < 1.29 is 18.8 Å². The SMILES string of the molecule is COc1cc(C)c(NC(=O)Cc2noc3ccccc23)cc1OC. The summed E-state index contributed by atoms with van der Waals surface area (Å²) in [7, 11) is 3.13. The van der Waals surface area contributed by atoms with Gasteiger partial charge in [-0.25, -0.2) is 0 Å². The molecule has 0 radical (unpaired) electrons. The summed E-state index contributed by atoms with van der Waals surface area (Å²) in [6.45, 7) is 1.89. The van der Waals surface area contributed by atoms with Gasteiger partial charge in [0, 0.05) is 17.1 Å². The molecule has 0 aliphatic carbocycles. The molecule has 0 saturated heterocycles. The molecule has 0 spiro atoms. The van der Waals surface area contributed by atoms with E-state index in [1.54, 1.807) is 20.3 Å². The molecule has 1 amide bonds. The third-order valence-corrected chi connectivity index (χ3v) is 3.78. The van der Waals surface area contributed by atoms with Gasteiger partial charge in [0.15, 0.2) is 17.1 Å². The number of rotatable bonds is 5. The first-order valence-corrected chi connectivity index (χ1v) is 7.48. The first-order valence-electron chi connectivity index (χ1n) is 7.48. The van der Waals surface area contributed by atoms with Crippen molar-refractivity contribution in [2.45, 2.75) is 13.3 Å². The standard InChI is InChI=1S/C18H18N2O4/c1-11-8-16(22-2)17(23-3)9-13(11)19-18(21)10-14-12-6-4-5-7-15(12)24-20-14/h4-9H,10H2,1-3H3,(H,19,21). The van der Waals surface area contributed by atoms with Crippen LogP contribution in [0.4, 0.5) is 5.69 Å². The van der Waals surface area contributed by atoms with Crippen LogP contribution in [0.15, 0.2) is 40.9 Å². The number of methoxy groups -OCH3 is 2. The molecule has 0 fully saturated rings. The maximum Gasteiger partial charge on any atom is 0.230 e. The molecular formula is C18H18N2O4. The highest BCUT2D eigenvalue weighted by Gasteiger charge is 2.14. The molecule has 3 rings (SSSR count). The van der Waals surface area contributed by atoms with Crippen molar-refractivity contribution in [3.8, 4) is 11.5 Å². The van der Waals surface area contributed by atoms with Crippen LogP contribution in [0, 0.1) is 6.92 Å². The summed E-state index contributed by atoms with van der Waals surface area (Å²) < 4.78 is 15.7. The van der Waals surface area contributed by atoms with Crippen molar-refractivity contribution in [2.24, 2.45) is 0 Å². The minimum Gasteiger partial charge on any atom is -0.493 e. The lowest BCUT2D eigenvalue weighted by Crippen LogP contribution is -2.15. The summed E-state index contributed by atoms with van der Waals surface area (Å²) in [5, 5.41) is 7.71. The smallest absolute Gasteiger partial charge is 0.230 e. The van der Waals surface area contributed by atoms with Gasteiger partial charge in [-0.05, 0) is 30.7 Å². The third-order valence-electron chi connectivity index (χ3n) is 3.78. The van der Waals surface area contributed by atoms with E-state index in [0.717, 1.165) is 10.9 Å². The molecule has 1 heterocycles. The molecule has 0 unspecified atom stereocenters. The average molecular weight is 326 g/mol. The Balaban J connectivity index is 1.80. The number of hydrogen-bond acceptors (Lipinski definition) is 5. The van der Waals surface area contributed by atoms with E-state index in [1.807, 2.05) is 37.3 Å². The lowest BCUT2D eigenvalue weighted by molar-refractivity contribution is -0.115. The van der Waals surface area contributed by atoms with Crippen molar-refractivity contribution in [1.82, 2.24) is 5.16 Å². The molecule has 6 heteroatoms. The molecule has 6 nitrogen and oxygen atoms in total. The second-order valence-electron chi connectivity index (χ2n) is 5.37. The van der Waals surface area contributed by atoms with E-state index in [0.29, 0.717) is 28.5 Å². The van der Waals surface area contributed by atoms with Gasteiger partial charge in [0.25, 0.3) is 0 Å². The number of benzene rings is 2. The Morgan fingerprint density at radius 2 is 1.88 bits per heavy atom. The number of nitrogens with one attached hydrogen (secondary N) is 1. The molecule has 0 saturated carbocycles. The topological polar surface area (TPSA) is 73.6 Å². The van der Waals surface area contributed by atoms with E-state index < -0.39 is 0 Å². The average Bonchev–Trinajstić information content (AvgIpc) is 2.99. The van der Waals surface area contributed by atoms with Crippen molar-refractivity contribution in [1.29, 1.82) is 0 Å². The lowest BCUT2D eigenvalue weighted by atomic mass is 10.1. The minimum atomic E-state index is -0.177. The van der Waals surface area contributed by atoms with Crippen LogP contribution in [0.25, 0.3) is 11.0 Å². The monoisotopic (exact) mass is 326 g/mol. The molecule has 24 heavy (non-hydrogen) atoms. The molecule has 1 N–H and O–H groups in total. The van der Waals surface area contributed by atoms with Gasteiger partial charge < -0.3 is 19.3 Å². The maximum atomic E-state index is 12.4. The summed E-state index contributed by atoms with van der Waals surface area (Å²) in [6.07, 6.45) is 0.130. The van der Waals surface area contributed by atoms with Gasteiger partial charge in [-0.2, -0.15) is 0 Å². The second-order valence-corrected chi connectivity index (χ2v) is 5.37. The summed E-state index contributed by atoms with van der Waals surface area (Å²) in [5.41, 5.74) is 2.83. The van der Waals surface area contributed by atoms with Crippen LogP contribution >= 0.6 is 0 Å². The van der Waals surface area contributed by atoms with Gasteiger partial charge in [-0.15, -0.1) is 0 Å². The highest BCUT2D eigenvalue weighted by molar-refractivity contribution is 5.95. The predicted octanol–water partition coefficient (Wildman–Crippen LogP) is 3.33. The summed E-state index contributed by atoms with van der Waals surface area (Å²) in [4.78, 5) is 12.4. The van der Waals surface area contributed by atoms with Gasteiger partial charge in [0.05, 0.1) is 20.6 Å². The normalized spacial score (nSPS) is 10.6.